The van der Waals surface area contributed by atoms with Crippen molar-refractivity contribution in [2.24, 2.45) is 5.92 Å². The number of carbonyl (C=O) groups is 2. The van der Waals surface area contributed by atoms with Crippen molar-refractivity contribution in [2.75, 3.05) is 20.1 Å². The number of likely N-dealkylation sites (tertiary alicyclic amines) is 1. The molecule has 1 N–H and O–H groups in total. The molecule has 2 amide bonds. The highest BCUT2D eigenvalue weighted by Crippen LogP contribution is 2.33. The minimum atomic E-state index is -5.09. The average Bonchev–Trinajstić information content (AvgIpc) is 2.58. The molecule has 10 heteroatoms. The van der Waals surface area contributed by atoms with Crippen molar-refractivity contribution in [1.82, 2.24) is 9.80 Å². The van der Waals surface area contributed by atoms with E-state index in [9.17, 15) is 32.3 Å². The molecule has 0 aliphatic carbocycles. The van der Waals surface area contributed by atoms with Crippen molar-refractivity contribution >= 4 is 23.4 Å². The Morgan fingerprint density at radius 3 is 2.43 bits per heavy atom. The number of aliphatic hydroxyl groups is 1. The van der Waals surface area contributed by atoms with Crippen molar-refractivity contribution < 1.29 is 32.3 Å². The van der Waals surface area contributed by atoms with E-state index in [1.54, 1.807) is 6.92 Å². The summed E-state index contributed by atoms with van der Waals surface area (Å²) in [6, 6.07) is 3.25. The van der Waals surface area contributed by atoms with Crippen molar-refractivity contribution in [3.05, 3.63) is 34.6 Å². The summed E-state index contributed by atoms with van der Waals surface area (Å²) in [6.45, 7) is 1.96. The van der Waals surface area contributed by atoms with E-state index < -0.39 is 35.5 Å². The zero-order chi connectivity index (χ0) is 21.4. The molecular weight excluding hydrogens is 404 g/mol. The lowest BCUT2D eigenvalue weighted by Crippen LogP contribution is -2.60. The number of halogens is 5. The van der Waals surface area contributed by atoms with Crippen LogP contribution in [0.5, 0.6) is 0 Å². The van der Waals surface area contributed by atoms with E-state index in [0.29, 0.717) is 6.92 Å². The Bertz CT molecular complexity index is 770. The van der Waals surface area contributed by atoms with Crippen LogP contribution in [0.25, 0.3) is 0 Å². The zero-order valence-electron chi connectivity index (χ0n) is 15.6. The van der Waals surface area contributed by atoms with Gasteiger partial charge in [0.25, 0.3) is 11.8 Å². The van der Waals surface area contributed by atoms with E-state index in [2.05, 4.69) is 0 Å². The fourth-order valence-corrected chi connectivity index (χ4v) is 3.48. The molecule has 1 aliphatic rings. The second kappa shape index (κ2) is 7.87. The molecule has 28 heavy (non-hydrogen) atoms. The molecule has 3 atom stereocenters. The van der Waals surface area contributed by atoms with Crippen LogP contribution in [-0.4, -0.2) is 64.7 Å². The number of piperidine rings is 1. The fourth-order valence-electron chi connectivity index (χ4n) is 3.33. The second-order valence-corrected chi connectivity index (χ2v) is 7.63. The molecular formula is C18H21ClF4N2O3. The summed E-state index contributed by atoms with van der Waals surface area (Å²) >= 11 is 5.68. The number of amides is 2. The van der Waals surface area contributed by atoms with Gasteiger partial charge in [0.2, 0.25) is 5.60 Å². The predicted molar refractivity (Wildman–Crippen MR) is 94.3 cm³/mol. The van der Waals surface area contributed by atoms with Crippen molar-refractivity contribution in [1.29, 1.82) is 0 Å². The molecule has 0 aromatic heterocycles. The molecule has 1 heterocycles. The number of hydrogen-bond donors (Lipinski definition) is 1. The quantitative estimate of drug-likeness (QED) is 0.758. The maximum absolute atomic E-state index is 14.0. The molecule has 5 nitrogen and oxygen atoms in total. The summed E-state index contributed by atoms with van der Waals surface area (Å²) in [7, 11) is 1.47. The Hall–Kier alpha value is -1.87. The number of carbonyl (C=O) groups excluding carboxylic acids is 2. The smallest absolute Gasteiger partial charge is 0.373 e. The van der Waals surface area contributed by atoms with Crippen LogP contribution in [0.4, 0.5) is 17.6 Å². The van der Waals surface area contributed by atoms with Crippen LogP contribution in [0.1, 0.15) is 30.6 Å². The third-order valence-corrected chi connectivity index (χ3v) is 5.33. The minimum absolute atomic E-state index is 0.0687. The number of benzene rings is 1. The first kappa shape index (κ1) is 22.4. The molecule has 0 spiro atoms. The largest absolute Gasteiger partial charge is 0.426 e. The van der Waals surface area contributed by atoms with Gasteiger partial charge in [-0.2, -0.15) is 13.2 Å². The van der Waals surface area contributed by atoms with Gasteiger partial charge in [-0.1, -0.05) is 18.5 Å². The molecule has 1 unspecified atom stereocenters. The van der Waals surface area contributed by atoms with E-state index in [0.717, 1.165) is 11.0 Å². The summed E-state index contributed by atoms with van der Waals surface area (Å²) < 4.78 is 52.7. The van der Waals surface area contributed by atoms with Gasteiger partial charge < -0.3 is 14.9 Å². The van der Waals surface area contributed by atoms with Crippen LogP contribution in [0.2, 0.25) is 5.02 Å². The standard InChI is InChI=1S/C18H21ClF4N2O3/c1-10-9-25(16(27)17(2,28)18(21,22)23)7-6-14(10)24(3)15(26)12-5-4-11(19)8-13(12)20/h4-5,8,10,14,28H,6-7,9H2,1-3H3/t10-,14+,17?/m1/s1. The van der Waals surface area contributed by atoms with Crippen LogP contribution in [0.3, 0.4) is 0 Å². The van der Waals surface area contributed by atoms with Crippen LogP contribution in [0, 0.1) is 11.7 Å². The Morgan fingerprint density at radius 1 is 1.32 bits per heavy atom. The molecule has 1 aliphatic heterocycles. The normalized spacial score (nSPS) is 22.5. The molecule has 1 aromatic carbocycles. The summed E-state index contributed by atoms with van der Waals surface area (Å²) in [4.78, 5) is 27.0. The van der Waals surface area contributed by atoms with Crippen LogP contribution < -0.4 is 0 Å². The van der Waals surface area contributed by atoms with Gasteiger partial charge in [-0.05, 0) is 37.5 Å². The third kappa shape index (κ3) is 4.25. The van der Waals surface area contributed by atoms with Crippen molar-refractivity contribution in [3.63, 3.8) is 0 Å². The molecule has 1 aromatic rings. The van der Waals surface area contributed by atoms with Gasteiger partial charge in [-0.25, -0.2) is 4.39 Å². The van der Waals surface area contributed by atoms with Crippen LogP contribution in [-0.2, 0) is 4.79 Å². The average molecular weight is 425 g/mol. The molecule has 1 fully saturated rings. The van der Waals surface area contributed by atoms with Crippen LogP contribution in [0.15, 0.2) is 18.2 Å². The topological polar surface area (TPSA) is 60.9 Å². The lowest BCUT2D eigenvalue weighted by atomic mass is 9.90. The number of hydrogen-bond acceptors (Lipinski definition) is 3. The van der Waals surface area contributed by atoms with E-state index in [1.165, 1.54) is 24.1 Å². The number of nitrogens with zero attached hydrogens (tertiary/aromatic N) is 2. The maximum atomic E-state index is 14.0. The van der Waals surface area contributed by atoms with Gasteiger partial charge in [0.15, 0.2) is 0 Å². The monoisotopic (exact) mass is 424 g/mol. The van der Waals surface area contributed by atoms with Gasteiger partial charge >= 0.3 is 6.18 Å². The minimum Gasteiger partial charge on any atom is -0.373 e. The number of rotatable bonds is 3. The maximum Gasteiger partial charge on any atom is 0.426 e. The second-order valence-electron chi connectivity index (χ2n) is 7.19. The first-order valence-corrected chi connectivity index (χ1v) is 8.96. The van der Waals surface area contributed by atoms with Gasteiger partial charge in [0, 0.05) is 31.2 Å². The van der Waals surface area contributed by atoms with Gasteiger partial charge in [-0.3, -0.25) is 9.59 Å². The first-order chi connectivity index (χ1) is 12.8. The van der Waals surface area contributed by atoms with Gasteiger partial charge in [-0.15, -0.1) is 0 Å². The highest BCUT2D eigenvalue weighted by Gasteiger charge is 2.57. The van der Waals surface area contributed by atoms with E-state index in [1.807, 2.05) is 0 Å². The Balaban J connectivity index is 2.11. The highest BCUT2D eigenvalue weighted by molar-refractivity contribution is 6.30. The Morgan fingerprint density at radius 2 is 1.93 bits per heavy atom. The molecule has 1 saturated heterocycles. The van der Waals surface area contributed by atoms with E-state index in [4.69, 9.17) is 11.6 Å². The van der Waals surface area contributed by atoms with Gasteiger partial charge in [0.1, 0.15) is 5.82 Å². The summed E-state index contributed by atoms with van der Waals surface area (Å²) in [5.41, 5.74) is -3.65. The lowest BCUT2D eigenvalue weighted by molar-refractivity contribution is -0.251. The summed E-state index contributed by atoms with van der Waals surface area (Å²) in [5.74, 6) is -3.17. The first-order valence-electron chi connectivity index (χ1n) is 8.58. The predicted octanol–water partition coefficient (Wildman–Crippen LogP) is 3.10. The van der Waals surface area contributed by atoms with E-state index >= 15 is 0 Å². The Labute approximate surface area is 164 Å². The molecule has 0 radical (unpaired) electrons. The lowest BCUT2D eigenvalue weighted by Gasteiger charge is -2.43. The fraction of sp³-hybridized carbons (Fsp3) is 0.556. The van der Waals surface area contributed by atoms with Crippen molar-refractivity contribution in [2.45, 2.75) is 38.1 Å². The summed E-state index contributed by atoms with van der Waals surface area (Å²) in [6.07, 6.45) is -4.90. The zero-order valence-corrected chi connectivity index (χ0v) is 16.3. The molecule has 0 bridgehead atoms. The van der Waals surface area contributed by atoms with E-state index in [-0.39, 0.29) is 36.0 Å². The SMILES string of the molecule is C[C@@H]1CN(C(=O)C(C)(O)C(F)(F)F)CC[C@@H]1N(C)C(=O)c1ccc(Cl)cc1F. The highest BCUT2D eigenvalue weighted by atomic mass is 35.5. The third-order valence-electron chi connectivity index (χ3n) is 5.09. The van der Waals surface area contributed by atoms with Gasteiger partial charge in [0.05, 0.1) is 5.56 Å². The molecule has 156 valence electrons. The van der Waals surface area contributed by atoms with Crippen molar-refractivity contribution in [3.8, 4) is 0 Å². The van der Waals surface area contributed by atoms with Crippen LogP contribution >= 0.6 is 11.6 Å². The Kier molecular flexibility index (Phi) is 6.30. The molecule has 2 rings (SSSR count). The number of alkyl halides is 3. The molecule has 0 saturated carbocycles. The summed E-state index contributed by atoms with van der Waals surface area (Å²) in [5, 5.41) is 9.74.